The minimum atomic E-state index is -1.21. The van der Waals surface area contributed by atoms with Crippen LogP contribution in [-0.4, -0.2) is 122 Å². The Balaban J connectivity index is -0.0000000580. The van der Waals surface area contributed by atoms with Crippen molar-refractivity contribution in [1.82, 2.24) is 0 Å². The molecule has 0 aromatic rings. The molecule has 0 spiro atoms. The summed E-state index contributed by atoms with van der Waals surface area (Å²) in [4.78, 5) is 0. The Bertz CT molecular complexity index is 218. The first-order valence-corrected chi connectivity index (χ1v) is 6.89. The number of hydrogen-bond donors (Lipinski definition) is 12. The molecule has 0 aromatic heterocycles. The average Bonchev–Trinajstić information content (AvgIpc) is 2.67. The molecule has 12 nitrogen and oxygen atoms in total. The van der Waals surface area contributed by atoms with E-state index in [0.717, 1.165) is 0 Å². The zero-order valence-electron chi connectivity index (χ0n) is 14.8. The van der Waals surface area contributed by atoms with Gasteiger partial charge in [-0.2, -0.15) is 0 Å². The van der Waals surface area contributed by atoms with Crippen LogP contribution in [0.4, 0.5) is 0 Å². The second-order valence-corrected chi connectivity index (χ2v) is 5.51. The van der Waals surface area contributed by atoms with Crippen LogP contribution in [0, 0.1) is 0 Å². The lowest BCUT2D eigenvalue weighted by Gasteiger charge is -2.20. The third kappa shape index (κ3) is 20.9. The van der Waals surface area contributed by atoms with Gasteiger partial charge in [-0.25, -0.2) is 0 Å². The van der Waals surface area contributed by atoms with E-state index < -0.39 is 76.1 Å². The van der Waals surface area contributed by atoms with E-state index >= 15 is 0 Å². The molecule has 0 aromatic carbocycles. The number of aliphatic hydroxyl groups excluding tert-OH is 9. The first kappa shape index (κ1) is 41.7. The molecule has 0 saturated carbocycles. The Morgan fingerprint density at radius 1 is 0.333 bits per heavy atom. The smallest absolute Gasteiger partial charge is 0.0856 e. The molecular weight excluding hydrogens is 437 g/mol. The molecule has 0 amide bonds. The van der Waals surface area contributed by atoms with Gasteiger partial charge in [0, 0.05) is 0 Å². The Morgan fingerprint density at radius 3 is 0.407 bits per heavy atom. The van der Waals surface area contributed by atoms with Gasteiger partial charge >= 0.3 is 0 Å². The van der Waals surface area contributed by atoms with Crippen molar-refractivity contribution in [3.05, 3.63) is 0 Å². The Labute approximate surface area is 176 Å². The number of rotatable bonds is 9. The maximum atomic E-state index is 8.34. The van der Waals surface area contributed by atoms with E-state index in [4.69, 9.17) is 63.2 Å². The maximum absolute atomic E-state index is 8.34. The van der Waals surface area contributed by atoms with Crippen LogP contribution < -0.4 is 17.2 Å². The third-order valence-corrected chi connectivity index (χ3v) is 2.83. The predicted molar refractivity (Wildman–Crippen MR) is 106 cm³/mol. The summed E-state index contributed by atoms with van der Waals surface area (Å²) in [6.07, 6.45) is 0. The van der Waals surface area contributed by atoms with Gasteiger partial charge < -0.3 is 63.2 Å². The summed E-state index contributed by atoms with van der Waals surface area (Å²) in [6, 6.07) is 0. The van der Waals surface area contributed by atoms with Crippen LogP contribution in [0.2, 0.25) is 0 Å². The van der Waals surface area contributed by atoms with Crippen molar-refractivity contribution in [1.29, 1.82) is 0 Å². The first-order chi connectivity index (χ1) is 11.0. The van der Waals surface area contributed by atoms with Gasteiger partial charge in [0.1, 0.15) is 0 Å². The summed E-state index contributed by atoms with van der Waals surface area (Å²) in [7, 11) is 0. The standard InChI is InChI=1S/3C4H11NO3.3ClH/c3*5-4(1-6,2-7)3-8;;;/h3*6-8H,1-3,5H2;3*1H. The molecule has 0 aliphatic carbocycles. The van der Waals surface area contributed by atoms with Gasteiger partial charge in [0.25, 0.3) is 0 Å². The Hall–Kier alpha value is 0.390. The third-order valence-electron chi connectivity index (χ3n) is 2.83. The quantitative estimate of drug-likeness (QED) is 0.150. The fraction of sp³-hybridized carbons (Fsp3) is 1.00. The van der Waals surface area contributed by atoms with Gasteiger partial charge in [0.15, 0.2) is 0 Å². The molecule has 0 atom stereocenters. The van der Waals surface area contributed by atoms with Crippen molar-refractivity contribution >= 4 is 37.2 Å². The fourth-order valence-electron chi connectivity index (χ4n) is 0.450. The van der Waals surface area contributed by atoms with E-state index in [0.29, 0.717) is 0 Å². The van der Waals surface area contributed by atoms with Crippen molar-refractivity contribution in [3.8, 4) is 0 Å². The van der Waals surface area contributed by atoms with Crippen molar-refractivity contribution in [2.75, 3.05) is 59.5 Å². The summed E-state index contributed by atoms with van der Waals surface area (Å²) < 4.78 is 0. The molecule has 15 N–H and O–H groups in total. The minimum Gasteiger partial charge on any atom is -0.394 e. The lowest BCUT2D eigenvalue weighted by atomic mass is 10.1. The van der Waals surface area contributed by atoms with Gasteiger partial charge in [-0.1, -0.05) is 0 Å². The normalized spacial score (nSPS) is 10.7. The SMILES string of the molecule is Cl.Cl.Cl.NC(CO)(CO)CO.NC(CO)(CO)CO.NC(CO)(CO)CO. The highest BCUT2D eigenvalue weighted by molar-refractivity contribution is 5.86. The lowest BCUT2D eigenvalue weighted by Crippen LogP contribution is -2.50. The van der Waals surface area contributed by atoms with E-state index in [9.17, 15) is 0 Å². The van der Waals surface area contributed by atoms with Gasteiger partial charge in [-0.15, -0.1) is 37.2 Å². The van der Waals surface area contributed by atoms with Crippen LogP contribution >= 0.6 is 37.2 Å². The second kappa shape index (κ2) is 22.7. The van der Waals surface area contributed by atoms with Crippen LogP contribution in [-0.2, 0) is 0 Å². The molecule has 27 heavy (non-hydrogen) atoms. The summed E-state index contributed by atoms with van der Waals surface area (Å²) in [6.45, 7) is -3.62. The van der Waals surface area contributed by atoms with Crippen LogP contribution in [0.25, 0.3) is 0 Å². The van der Waals surface area contributed by atoms with E-state index in [1.165, 1.54) is 0 Å². The minimum absolute atomic E-state index is 0. The number of halogens is 3. The van der Waals surface area contributed by atoms with Crippen LogP contribution in [0.5, 0.6) is 0 Å². The highest BCUT2D eigenvalue weighted by Crippen LogP contribution is 1.94. The van der Waals surface area contributed by atoms with E-state index in [1.54, 1.807) is 0 Å². The van der Waals surface area contributed by atoms with Crippen LogP contribution in [0.3, 0.4) is 0 Å². The van der Waals surface area contributed by atoms with Crippen molar-refractivity contribution in [2.24, 2.45) is 17.2 Å². The summed E-state index contributed by atoms with van der Waals surface area (Å²) >= 11 is 0. The predicted octanol–water partition coefficient (Wildman–Crippen LogP) is -5.75. The number of aliphatic hydroxyl groups is 9. The zero-order chi connectivity index (χ0) is 19.9. The summed E-state index contributed by atoms with van der Waals surface area (Å²) in [5.74, 6) is 0. The fourth-order valence-corrected chi connectivity index (χ4v) is 0.450. The number of hydrogen-bond acceptors (Lipinski definition) is 12. The molecule has 0 radical (unpaired) electrons. The monoisotopic (exact) mass is 471 g/mol. The molecule has 15 heteroatoms. The average molecular weight is 473 g/mol. The van der Waals surface area contributed by atoms with E-state index in [2.05, 4.69) is 0 Å². The lowest BCUT2D eigenvalue weighted by molar-refractivity contribution is 0.0695. The highest BCUT2D eigenvalue weighted by Gasteiger charge is 2.21. The van der Waals surface area contributed by atoms with Gasteiger partial charge in [0.05, 0.1) is 76.1 Å². The molecule has 0 unspecified atom stereocenters. The van der Waals surface area contributed by atoms with E-state index in [1.807, 2.05) is 0 Å². The van der Waals surface area contributed by atoms with Crippen molar-refractivity contribution in [3.63, 3.8) is 0 Å². The molecule has 0 aliphatic heterocycles. The van der Waals surface area contributed by atoms with Gasteiger partial charge in [-0.3, -0.25) is 0 Å². The molecule has 0 heterocycles. The Morgan fingerprint density at radius 2 is 0.407 bits per heavy atom. The van der Waals surface area contributed by atoms with Crippen LogP contribution in [0.1, 0.15) is 0 Å². The summed E-state index contributed by atoms with van der Waals surface area (Å²) in [5.41, 5.74) is 11.8. The van der Waals surface area contributed by atoms with Gasteiger partial charge in [-0.05, 0) is 0 Å². The van der Waals surface area contributed by atoms with Crippen molar-refractivity contribution in [2.45, 2.75) is 16.6 Å². The maximum Gasteiger partial charge on any atom is 0.0856 e. The van der Waals surface area contributed by atoms with Crippen LogP contribution in [0.15, 0.2) is 0 Å². The molecule has 0 fully saturated rings. The van der Waals surface area contributed by atoms with E-state index in [-0.39, 0.29) is 37.2 Å². The molecule has 0 aliphatic rings. The second-order valence-electron chi connectivity index (χ2n) is 5.51. The zero-order valence-corrected chi connectivity index (χ0v) is 17.3. The number of nitrogens with two attached hydrogens (primary N) is 3. The molecule has 0 saturated heterocycles. The molecule has 0 bridgehead atoms. The van der Waals surface area contributed by atoms with Crippen molar-refractivity contribution < 1.29 is 46.0 Å². The van der Waals surface area contributed by atoms with Gasteiger partial charge in [0.2, 0.25) is 0 Å². The highest BCUT2D eigenvalue weighted by atomic mass is 35.5. The molecular formula is C12H36Cl3N3O9. The largest absolute Gasteiger partial charge is 0.394 e. The first-order valence-electron chi connectivity index (χ1n) is 6.89. The summed E-state index contributed by atoms with van der Waals surface area (Å²) in [5, 5.41) is 75.1. The Kier molecular flexibility index (Phi) is 35.0. The topological polar surface area (TPSA) is 260 Å². The molecule has 174 valence electrons. The molecule has 0 rings (SSSR count).